The van der Waals surface area contributed by atoms with Gasteiger partial charge in [-0.05, 0) is 69.1 Å². The molecule has 9 aromatic rings. The smallest absolute Gasteiger partial charge is 0.122 e. The molecule has 0 radical (unpaired) electrons. The van der Waals surface area contributed by atoms with Gasteiger partial charge in [0, 0.05) is 22.9 Å². The van der Waals surface area contributed by atoms with Crippen LogP contribution in [0.15, 0.2) is 194 Å². The monoisotopic (exact) mass is 722 g/mol. The first-order chi connectivity index (χ1) is 27.5. The number of nitrogens with two attached hydrogens (primary N) is 2. The molecule has 0 saturated carbocycles. The molecule has 11 rings (SSSR count). The van der Waals surface area contributed by atoms with E-state index in [1.54, 1.807) is 0 Å². The summed E-state index contributed by atoms with van der Waals surface area (Å²) >= 11 is 0. The molecule has 1 unspecified atom stereocenters. The van der Waals surface area contributed by atoms with Crippen molar-refractivity contribution in [2.75, 3.05) is 0 Å². The van der Waals surface area contributed by atoms with Crippen LogP contribution in [0.25, 0.3) is 49.7 Å². The highest BCUT2D eigenvalue weighted by molar-refractivity contribution is 6.12. The molecule has 4 heteroatoms. The zero-order valence-corrected chi connectivity index (χ0v) is 31.3. The zero-order chi connectivity index (χ0) is 38.2. The first-order valence-corrected chi connectivity index (χ1v) is 19.1. The molecule has 0 bridgehead atoms. The Kier molecular flexibility index (Phi) is 8.89. The van der Waals surface area contributed by atoms with E-state index in [1.165, 1.54) is 83.1 Å². The van der Waals surface area contributed by atoms with Gasteiger partial charge in [0.1, 0.15) is 5.84 Å². The third kappa shape index (κ3) is 5.62. The normalized spacial score (nSPS) is 14.2. The lowest BCUT2D eigenvalue weighted by molar-refractivity contribution is 0.747. The Morgan fingerprint density at radius 1 is 0.536 bits per heavy atom. The largest absolute Gasteiger partial charge is 0.384 e. The Morgan fingerprint density at radius 3 is 1.86 bits per heavy atom. The second-order valence-electron chi connectivity index (χ2n) is 14.5. The molecule has 0 fully saturated rings. The van der Waals surface area contributed by atoms with Crippen LogP contribution in [-0.4, -0.2) is 10.4 Å². The fourth-order valence-electron chi connectivity index (χ4n) is 8.76. The summed E-state index contributed by atoms with van der Waals surface area (Å²) in [5.74, 6) is 0.121. The predicted octanol–water partition coefficient (Wildman–Crippen LogP) is 11.6. The zero-order valence-electron chi connectivity index (χ0n) is 31.3. The van der Waals surface area contributed by atoms with Crippen LogP contribution >= 0.6 is 0 Å². The fourth-order valence-corrected chi connectivity index (χ4v) is 8.76. The summed E-state index contributed by atoms with van der Waals surface area (Å²) < 4.78 is 2.50. The second-order valence-corrected chi connectivity index (χ2v) is 14.5. The number of nitrogens with one attached hydrogen (secondary N) is 1. The van der Waals surface area contributed by atoms with Crippen LogP contribution < -0.4 is 11.5 Å². The van der Waals surface area contributed by atoms with Crippen LogP contribution in [0.2, 0.25) is 0 Å². The number of nitrogen functional groups attached to an aromatic ring is 1. The average molecular weight is 723 g/mol. The van der Waals surface area contributed by atoms with Gasteiger partial charge in [0.05, 0.1) is 22.1 Å². The van der Waals surface area contributed by atoms with Crippen LogP contribution in [0, 0.1) is 12.3 Å². The van der Waals surface area contributed by atoms with Gasteiger partial charge < -0.3 is 16.0 Å². The molecule has 270 valence electrons. The van der Waals surface area contributed by atoms with Crippen LogP contribution in [0.1, 0.15) is 38.9 Å². The summed E-state index contributed by atoms with van der Waals surface area (Å²) in [6.45, 7) is 2.82. The van der Waals surface area contributed by atoms with E-state index in [0.29, 0.717) is 6.54 Å². The summed E-state index contributed by atoms with van der Waals surface area (Å²) in [6.07, 6.45) is 0. The minimum Gasteiger partial charge on any atom is -0.384 e. The molecular weight excluding hydrogens is 681 g/mol. The number of aryl methyl sites for hydroxylation is 1. The van der Waals surface area contributed by atoms with Crippen molar-refractivity contribution in [1.29, 1.82) is 5.41 Å². The average Bonchev–Trinajstić information content (AvgIpc) is 3.75. The molecule has 1 aromatic heterocycles. The van der Waals surface area contributed by atoms with Crippen molar-refractivity contribution >= 4 is 27.6 Å². The lowest BCUT2D eigenvalue weighted by Gasteiger charge is -2.39. The van der Waals surface area contributed by atoms with Crippen molar-refractivity contribution in [1.82, 2.24) is 4.57 Å². The standard InChI is InChI=1S/C32H21N.C13H13N.C7H8N2/c1-20-17-18-22-21-9-2-4-12-25(21)32(28(22)19-20)26-13-5-7-16-30(26)33-29-15-6-3-10-23(29)24-11-8-14-27(32)31(24)33;14-10-11-6-8-13(9-7-11)12-4-2-1-3-5-12;8-7(9)6-4-2-1-3-5-6/h2-19H,1H3;1-9H,10,14H2;1-5H,(H3,8,9). The molecule has 0 saturated heterocycles. The van der Waals surface area contributed by atoms with Gasteiger partial charge in [-0.2, -0.15) is 0 Å². The Balaban J connectivity index is 0.000000146. The van der Waals surface area contributed by atoms with E-state index in [1.807, 2.05) is 48.5 Å². The molecule has 1 aliphatic heterocycles. The van der Waals surface area contributed by atoms with E-state index in [0.717, 1.165) is 5.56 Å². The number of benzene rings is 8. The first-order valence-electron chi connectivity index (χ1n) is 19.1. The lowest BCUT2D eigenvalue weighted by atomic mass is 9.65. The molecule has 56 heavy (non-hydrogen) atoms. The molecule has 1 aliphatic carbocycles. The van der Waals surface area contributed by atoms with Gasteiger partial charge in [0.15, 0.2) is 0 Å². The number of amidine groups is 1. The third-order valence-electron chi connectivity index (χ3n) is 11.2. The highest BCUT2D eigenvalue weighted by atomic mass is 15.0. The van der Waals surface area contributed by atoms with E-state index in [-0.39, 0.29) is 11.3 Å². The summed E-state index contributed by atoms with van der Waals surface area (Å²) in [5, 5.41) is 9.66. The van der Waals surface area contributed by atoms with Crippen molar-refractivity contribution in [3.8, 4) is 27.9 Å². The quantitative estimate of drug-likeness (QED) is 0.125. The number of para-hydroxylation sites is 3. The van der Waals surface area contributed by atoms with Crippen molar-refractivity contribution < 1.29 is 0 Å². The SMILES string of the molecule is Cc1ccc2c(c1)C1(c3ccccc3-2)c2ccccc2-n2c3ccccc3c3cccc1c32.N=C(N)c1ccccc1.NCc1ccc(-c2ccccc2)cc1. The predicted molar refractivity (Wildman–Crippen MR) is 234 cm³/mol. The molecule has 1 spiro atoms. The maximum absolute atomic E-state index is 7.01. The number of hydrogen-bond acceptors (Lipinski definition) is 2. The molecule has 2 heterocycles. The Hall–Kier alpha value is -7.01. The van der Waals surface area contributed by atoms with E-state index in [2.05, 4.69) is 157 Å². The van der Waals surface area contributed by atoms with Crippen molar-refractivity contribution in [2.24, 2.45) is 11.5 Å². The maximum atomic E-state index is 7.01. The number of fused-ring (bicyclic) bond motifs is 12. The summed E-state index contributed by atoms with van der Waals surface area (Å²) in [5.41, 5.74) is 28.3. The van der Waals surface area contributed by atoms with Gasteiger partial charge >= 0.3 is 0 Å². The minimum absolute atomic E-state index is 0.121. The van der Waals surface area contributed by atoms with Gasteiger partial charge in [-0.25, -0.2) is 0 Å². The van der Waals surface area contributed by atoms with Crippen LogP contribution in [0.5, 0.6) is 0 Å². The van der Waals surface area contributed by atoms with Crippen LogP contribution in [0.4, 0.5) is 0 Å². The second kappa shape index (κ2) is 14.3. The number of hydrogen-bond donors (Lipinski definition) is 3. The lowest BCUT2D eigenvalue weighted by Crippen LogP contribution is -2.33. The fraction of sp³-hybridized carbons (Fsp3) is 0.0577. The third-order valence-corrected chi connectivity index (χ3v) is 11.2. The van der Waals surface area contributed by atoms with E-state index in [9.17, 15) is 0 Å². The molecule has 2 aliphatic rings. The van der Waals surface area contributed by atoms with Gasteiger partial charge in [0.2, 0.25) is 0 Å². The van der Waals surface area contributed by atoms with Gasteiger partial charge in [0.25, 0.3) is 0 Å². The van der Waals surface area contributed by atoms with Gasteiger partial charge in [-0.15, -0.1) is 0 Å². The number of nitrogens with zero attached hydrogens (tertiary/aromatic N) is 1. The summed E-state index contributed by atoms with van der Waals surface area (Å²) in [6, 6.07) is 68.7. The molecule has 5 N–H and O–H groups in total. The van der Waals surface area contributed by atoms with Gasteiger partial charge in [-0.1, -0.05) is 188 Å². The summed E-state index contributed by atoms with van der Waals surface area (Å²) in [4.78, 5) is 0. The Bertz CT molecular complexity index is 2870. The minimum atomic E-state index is -0.321. The Morgan fingerprint density at radius 2 is 1.12 bits per heavy atom. The molecule has 8 aromatic carbocycles. The molecule has 0 amide bonds. The highest BCUT2D eigenvalue weighted by Crippen LogP contribution is 2.61. The van der Waals surface area contributed by atoms with Crippen LogP contribution in [0.3, 0.4) is 0 Å². The molecule has 1 atom stereocenters. The van der Waals surface area contributed by atoms with Crippen LogP contribution in [-0.2, 0) is 12.0 Å². The van der Waals surface area contributed by atoms with Gasteiger partial charge in [-0.3, -0.25) is 5.41 Å². The van der Waals surface area contributed by atoms with Crippen molar-refractivity contribution in [2.45, 2.75) is 18.9 Å². The van der Waals surface area contributed by atoms with Crippen molar-refractivity contribution in [3.63, 3.8) is 0 Å². The number of aromatic nitrogens is 1. The first kappa shape index (κ1) is 34.7. The van der Waals surface area contributed by atoms with Crippen molar-refractivity contribution in [3.05, 3.63) is 233 Å². The highest BCUT2D eigenvalue weighted by Gasteiger charge is 2.50. The molecular formula is C52H42N4. The topological polar surface area (TPSA) is 80.8 Å². The molecule has 4 nitrogen and oxygen atoms in total. The van der Waals surface area contributed by atoms with E-state index in [4.69, 9.17) is 16.9 Å². The van der Waals surface area contributed by atoms with E-state index < -0.39 is 0 Å². The summed E-state index contributed by atoms with van der Waals surface area (Å²) in [7, 11) is 0. The Labute approximate surface area is 327 Å². The van der Waals surface area contributed by atoms with E-state index >= 15 is 0 Å². The maximum Gasteiger partial charge on any atom is 0.122 e. The number of rotatable bonds is 3.